The van der Waals surface area contributed by atoms with E-state index in [1.165, 1.54) is 19.3 Å². The summed E-state index contributed by atoms with van der Waals surface area (Å²) in [6, 6.07) is 8.24. The Bertz CT molecular complexity index is 738. The Morgan fingerprint density at radius 3 is 2.83 bits per heavy atom. The maximum atomic E-state index is 13.2. The molecule has 2 fully saturated rings. The second-order valence-electron chi connectivity index (χ2n) is 7.14. The minimum absolute atomic E-state index is 0.0787. The van der Waals surface area contributed by atoms with Crippen LogP contribution in [-0.2, 0) is 0 Å². The van der Waals surface area contributed by atoms with E-state index < -0.39 is 0 Å². The molecule has 0 spiro atoms. The summed E-state index contributed by atoms with van der Waals surface area (Å²) in [5.74, 6) is 1.46. The van der Waals surface area contributed by atoms with E-state index in [1.807, 2.05) is 24.3 Å². The van der Waals surface area contributed by atoms with Crippen LogP contribution in [0.25, 0.3) is 10.9 Å². The van der Waals surface area contributed by atoms with Gasteiger partial charge in [-0.2, -0.15) is 0 Å². The second-order valence-corrected chi connectivity index (χ2v) is 7.52. The van der Waals surface area contributed by atoms with Crippen LogP contribution in [0.2, 0.25) is 5.02 Å². The summed E-state index contributed by atoms with van der Waals surface area (Å²) in [6.07, 6.45) is 6.04. The zero-order valence-electron chi connectivity index (χ0n) is 13.5. The molecule has 0 radical (unpaired) electrons. The van der Waals surface area contributed by atoms with Gasteiger partial charge in [0.1, 0.15) is 5.69 Å². The van der Waals surface area contributed by atoms with E-state index in [1.54, 1.807) is 0 Å². The molecule has 23 heavy (non-hydrogen) atoms. The number of para-hydroxylation sites is 1. The lowest BCUT2D eigenvalue weighted by Gasteiger charge is -2.47. The minimum atomic E-state index is 0.0787. The zero-order valence-corrected chi connectivity index (χ0v) is 14.3. The number of halogens is 1. The Morgan fingerprint density at radius 1 is 1.22 bits per heavy atom. The third kappa shape index (κ3) is 2.46. The molecular weight excluding hydrogens is 308 g/mol. The lowest BCUT2D eigenvalue weighted by Crippen LogP contribution is -2.52. The molecule has 122 valence electrons. The SMILES string of the molecule is CC1CCN(C(=O)c2[nH]c3ccccc3c2Cl)C2CCCCC12. The van der Waals surface area contributed by atoms with Crippen molar-refractivity contribution in [3.63, 3.8) is 0 Å². The van der Waals surface area contributed by atoms with Crippen LogP contribution in [0, 0.1) is 11.8 Å². The van der Waals surface area contributed by atoms with E-state index in [4.69, 9.17) is 11.6 Å². The Kier molecular flexibility index (Phi) is 3.84. The van der Waals surface area contributed by atoms with Gasteiger partial charge in [-0.05, 0) is 37.2 Å². The number of fused-ring (bicyclic) bond motifs is 2. The van der Waals surface area contributed by atoms with Gasteiger partial charge in [0.25, 0.3) is 5.91 Å². The quantitative estimate of drug-likeness (QED) is 0.796. The number of carbonyl (C=O) groups excluding carboxylic acids is 1. The number of H-pyrrole nitrogens is 1. The Morgan fingerprint density at radius 2 is 2.00 bits per heavy atom. The highest BCUT2D eigenvalue weighted by molar-refractivity contribution is 6.38. The molecule has 0 bridgehead atoms. The van der Waals surface area contributed by atoms with Gasteiger partial charge in [0.15, 0.2) is 0 Å². The topological polar surface area (TPSA) is 36.1 Å². The lowest BCUT2D eigenvalue weighted by atomic mass is 9.72. The molecule has 1 saturated heterocycles. The molecule has 1 aliphatic carbocycles. The minimum Gasteiger partial charge on any atom is -0.349 e. The molecule has 4 rings (SSSR count). The van der Waals surface area contributed by atoms with Gasteiger partial charge in [-0.25, -0.2) is 0 Å². The monoisotopic (exact) mass is 330 g/mol. The second kappa shape index (κ2) is 5.86. The van der Waals surface area contributed by atoms with E-state index in [2.05, 4.69) is 16.8 Å². The number of aromatic amines is 1. The molecule has 1 aliphatic heterocycles. The summed E-state index contributed by atoms with van der Waals surface area (Å²) in [7, 11) is 0. The first-order valence-electron chi connectivity index (χ1n) is 8.74. The van der Waals surface area contributed by atoms with Gasteiger partial charge in [-0.3, -0.25) is 4.79 Å². The first kappa shape index (κ1) is 15.1. The summed E-state index contributed by atoms with van der Waals surface area (Å²) < 4.78 is 0. The van der Waals surface area contributed by atoms with Crippen molar-refractivity contribution in [2.45, 2.75) is 45.1 Å². The molecule has 2 aliphatic rings. The molecule has 1 saturated carbocycles. The smallest absolute Gasteiger partial charge is 0.272 e. The van der Waals surface area contributed by atoms with Crippen LogP contribution in [-0.4, -0.2) is 28.4 Å². The number of nitrogens with zero attached hydrogens (tertiary/aromatic N) is 1. The highest BCUT2D eigenvalue weighted by Gasteiger charge is 2.40. The van der Waals surface area contributed by atoms with Crippen LogP contribution in [0.1, 0.15) is 49.5 Å². The fraction of sp³-hybridized carbons (Fsp3) is 0.526. The highest BCUT2D eigenvalue weighted by Crippen LogP contribution is 2.40. The van der Waals surface area contributed by atoms with Gasteiger partial charge in [0.2, 0.25) is 0 Å². The van der Waals surface area contributed by atoms with Crippen LogP contribution in [0.3, 0.4) is 0 Å². The third-order valence-corrected chi connectivity index (χ3v) is 6.25. The third-order valence-electron chi connectivity index (χ3n) is 5.86. The first-order chi connectivity index (χ1) is 11.2. The predicted octanol–water partition coefficient (Wildman–Crippen LogP) is 4.86. The predicted molar refractivity (Wildman–Crippen MR) is 93.9 cm³/mol. The van der Waals surface area contributed by atoms with Gasteiger partial charge in [-0.15, -0.1) is 0 Å². The molecule has 2 heterocycles. The van der Waals surface area contributed by atoms with E-state index in [-0.39, 0.29) is 5.91 Å². The molecule has 4 heteroatoms. The number of nitrogens with one attached hydrogen (secondary N) is 1. The number of likely N-dealkylation sites (tertiary alicyclic amines) is 1. The van der Waals surface area contributed by atoms with Gasteiger partial charge in [0.05, 0.1) is 5.02 Å². The molecule has 3 unspecified atom stereocenters. The molecule has 1 aromatic carbocycles. The van der Waals surface area contributed by atoms with Gasteiger partial charge in [0, 0.05) is 23.5 Å². The number of hydrogen-bond acceptors (Lipinski definition) is 1. The highest BCUT2D eigenvalue weighted by atomic mass is 35.5. The average Bonchev–Trinajstić information content (AvgIpc) is 2.92. The number of amides is 1. The van der Waals surface area contributed by atoms with Gasteiger partial charge in [-0.1, -0.05) is 49.6 Å². The summed E-state index contributed by atoms with van der Waals surface area (Å²) in [6.45, 7) is 3.20. The first-order valence-corrected chi connectivity index (χ1v) is 9.12. The number of hydrogen-bond donors (Lipinski definition) is 1. The van der Waals surface area contributed by atoms with Crippen LogP contribution < -0.4 is 0 Å². The largest absolute Gasteiger partial charge is 0.349 e. The molecule has 1 amide bonds. The van der Waals surface area contributed by atoms with Crippen LogP contribution >= 0.6 is 11.6 Å². The van der Waals surface area contributed by atoms with E-state index in [0.717, 1.165) is 36.2 Å². The number of rotatable bonds is 1. The van der Waals surface area contributed by atoms with Crippen LogP contribution in [0.4, 0.5) is 0 Å². The van der Waals surface area contributed by atoms with Crippen molar-refractivity contribution >= 4 is 28.4 Å². The van der Waals surface area contributed by atoms with Crippen molar-refractivity contribution in [3.05, 3.63) is 35.0 Å². The fourth-order valence-corrected chi connectivity index (χ4v) is 4.86. The average molecular weight is 331 g/mol. The molecule has 2 aromatic rings. The van der Waals surface area contributed by atoms with Crippen molar-refractivity contribution in [1.82, 2.24) is 9.88 Å². The summed E-state index contributed by atoms with van der Waals surface area (Å²) in [4.78, 5) is 18.5. The van der Waals surface area contributed by atoms with Crippen LogP contribution in [0.15, 0.2) is 24.3 Å². The van der Waals surface area contributed by atoms with Gasteiger partial charge < -0.3 is 9.88 Å². The normalized spacial score (nSPS) is 27.9. The Hall–Kier alpha value is -1.48. The van der Waals surface area contributed by atoms with Gasteiger partial charge >= 0.3 is 0 Å². The maximum Gasteiger partial charge on any atom is 0.272 e. The molecule has 3 atom stereocenters. The van der Waals surface area contributed by atoms with Crippen molar-refractivity contribution in [3.8, 4) is 0 Å². The molecular formula is C19H23ClN2O. The van der Waals surface area contributed by atoms with Crippen molar-refractivity contribution < 1.29 is 4.79 Å². The summed E-state index contributed by atoms with van der Waals surface area (Å²) in [5, 5.41) is 1.50. The molecule has 1 N–H and O–H groups in total. The Labute approximate surface area is 142 Å². The zero-order chi connectivity index (χ0) is 16.0. The maximum absolute atomic E-state index is 13.2. The molecule has 3 nitrogen and oxygen atoms in total. The number of piperidine rings is 1. The number of aromatic nitrogens is 1. The van der Waals surface area contributed by atoms with Crippen LogP contribution in [0.5, 0.6) is 0 Å². The Balaban J connectivity index is 1.68. The van der Waals surface area contributed by atoms with Crippen molar-refractivity contribution in [1.29, 1.82) is 0 Å². The standard InChI is InChI=1S/C19H23ClN2O/c1-12-10-11-22(16-9-5-3-6-13(12)16)19(23)18-17(20)14-7-2-4-8-15(14)21-18/h2,4,7-8,12-13,16,21H,3,5-6,9-11H2,1H3. The van der Waals surface area contributed by atoms with Crippen molar-refractivity contribution in [2.75, 3.05) is 6.54 Å². The van der Waals surface area contributed by atoms with E-state index >= 15 is 0 Å². The fourth-order valence-electron chi connectivity index (χ4n) is 4.56. The number of carbonyl (C=O) groups is 1. The van der Waals surface area contributed by atoms with Crippen molar-refractivity contribution in [2.24, 2.45) is 11.8 Å². The van der Waals surface area contributed by atoms with E-state index in [0.29, 0.717) is 22.7 Å². The summed E-state index contributed by atoms with van der Waals surface area (Å²) in [5.41, 5.74) is 1.50. The van der Waals surface area contributed by atoms with E-state index in [9.17, 15) is 4.79 Å². The lowest BCUT2D eigenvalue weighted by molar-refractivity contribution is 0.0214. The number of benzene rings is 1. The summed E-state index contributed by atoms with van der Waals surface area (Å²) >= 11 is 6.50. The molecule has 1 aromatic heterocycles.